The highest BCUT2D eigenvalue weighted by atomic mass is 32.2. The van der Waals surface area contributed by atoms with Crippen LogP contribution in [0.2, 0.25) is 0 Å². The molecule has 32 heavy (non-hydrogen) atoms. The molecule has 0 spiro atoms. The number of morpholine rings is 1. The number of hydrogen-bond donors (Lipinski definition) is 1. The van der Waals surface area contributed by atoms with Crippen LogP contribution in [0.15, 0.2) is 45.9 Å². The monoisotopic (exact) mass is 483 g/mol. The number of amides is 1. The van der Waals surface area contributed by atoms with Crippen LogP contribution in [-0.2, 0) is 29.6 Å². The molecule has 2 aliphatic heterocycles. The molecule has 2 aromatic rings. The number of nitrogens with zero attached hydrogens (tertiary/aromatic N) is 2. The second-order valence-corrected chi connectivity index (χ2v) is 11.4. The zero-order chi connectivity index (χ0) is 22.9. The van der Waals surface area contributed by atoms with Gasteiger partial charge in [0.15, 0.2) is 0 Å². The van der Waals surface area contributed by atoms with Gasteiger partial charge in [-0.15, -0.1) is 0 Å². The summed E-state index contributed by atoms with van der Waals surface area (Å²) in [5, 5.41) is 0. The molecule has 0 radical (unpaired) electrons. The maximum absolute atomic E-state index is 13.2. The van der Waals surface area contributed by atoms with Crippen molar-refractivity contribution in [3.63, 3.8) is 0 Å². The molecular weight excluding hydrogens is 458 g/mol. The van der Waals surface area contributed by atoms with Crippen molar-refractivity contribution >= 4 is 31.6 Å². The first-order chi connectivity index (χ1) is 15.2. The third-order valence-corrected chi connectivity index (χ3v) is 8.86. The van der Waals surface area contributed by atoms with Gasteiger partial charge in [-0.1, -0.05) is 6.07 Å². The van der Waals surface area contributed by atoms with E-state index in [0.29, 0.717) is 41.9 Å². The summed E-state index contributed by atoms with van der Waals surface area (Å²) in [5.41, 5.74) is 0.459. The predicted molar refractivity (Wildman–Crippen MR) is 116 cm³/mol. The first-order valence-corrected chi connectivity index (χ1v) is 13.3. The van der Waals surface area contributed by atoms with Crippen molar-refractivity contribution < 1.29 is 30.8 Å². The number of aryl methyl sites for hydroxylation is 1. The van der Waals surface area contributed by atoms with Crippen LogP contribution in [0, 0.1) is 6.92 Å². The topological polar surface area (TPSA) is 126 Å². The van der Waals surface area contributed by atoms with Crippen molar-refractivity contribution in [3.8, 4) is 0 Å². The molecule has 1 aromatic heterocycles. The highest BCUT2D eigenvalue weighted by Crippen LogP contribution is 2.29. The van der Waals surface area contributed by atoms with Gasteiger partial charge in [-0.25, -0.2) is 25.9 Å². The Morgan fingerprint density at radius 2 is 1.94 bits per heavy atom. The molecule has 0 unspecified atom stereocenters. The highest BCUT2D eigenvalue weighted by molar-refractivity contribution is 7.94. The Bertz CT molecular complexity index is 1190. The Morgan fingerprint density at radius 3 is 2.56 bits per heavy atom. The van der Waals surface area contributed by atoms with E-state index in [1.807, 2.05) is 0 Å². The summed E-state index contributed by atoms with van der Waals surface area (Å²) in [6.45, 7) is 4.03. The van der Waals surface area contributed by atoms with Crippen molar-refractivity contribution in [3.05, 3.63) is 47.9 Å². The van der Waals surface area contributed by atoms with Crippen molar-refractivity contribution in [1.29, 1.82) is 0 Å². The first-order valence-electron chi connectivity index (χ1n) is 10.2. The van der Waals surface area contributed by atoms with Crippen LogP contribution in [0.1, 0.15) is 23.8 Å². The standard InChI is InChI=1S/C20H25N3O7S2/c1-15-4-5-16(23-20(24)6-12-31(23,25)26)13-19(15)32(27,28)21-14-17(18-3-2-9-30-18)22-7-10-29-11-8-22/h2-5,9,13,17,21H,6-8,10-12,14H2,1H3/t17-/m1/s1. The van der Waals surface area contributed by atoms with Gasteiger partial charge in [0.05, 0.1) is 41.9 Å². The number of furan rings is 1. The number of nitrogens with one attached hydrogen (secondary N) is 1. The number of hydrogen-bond acceptors (Lipinski definition) is 8. The number of carbonyl (C=O) groups excluding carboxylic acids is 1. The Morgan fingerprint density at radius 1 is 1.19 bits per heavy atom. The molecule has 0 saturated carbocycles. The van der Waals surface area contributed by atoms with E-state index in [0.717, 1.165) is 0 Å². The largest absolute Gasteiger partial charge is 0.468 e. The van der Waals surface area contributed by atoms with Crippen LogP contribution in [0.3, 0.4) is 0 Å². The maximum Gasteiger partial charge on any atom is 0.242 e. The number of rotatable bonds is 7. The second-order valence-electron chi connectivity index (χ2n) is 7.71. The van der Waals surface area contributed by atoms with Gasteiger partial charge >= 0.3 is 0 Å². The highest BCUT2D eigenvalue weighted by Gasteiger charge is 2.37. The minimum absolute atomic E-state index is 0.0224. The molecule has 2 fully saturated rings. The van der Waals surface area contributed by atoms with Crippen LogP contribution >= 0.6 is 0 Å². The van der Waals surface area contributed by atoms with Crippen LogP contribution in [0.5, 0.6) is 0 Å². The molecule has 1 atom stereocenters. The SMILES string of the molecule is Cc1ccc(N2C(=O)CCS2(=O)=O)cc1S(=O)(=O)NC[C@H](c1ccco1)N1CCOCC1. The van der Waals surface area contributed by atoms with Gasteiger partial charge < -0.3 is 9.15 Å². The quantitative estimate of drug-likeness (QED) is 0.618. The third-order valence-electron chi connectivity index (χ3n) is 5.60. The molecule has 1 aromatic carbocycles. The van der Waals surface area contributed by atoms with E-state index in [-0.39, 0.29) is 35.3 Å². The van der Waals surface area contributed by atoms with Gasteiger partial charge in [0, 0.05) is 26.1 Å². The smallest absolute Gasteiger partial charge is 0.242 e. The van der Waals surface area contributed by atoms with E-state index >= 15 is 0 Å². The molecule has 174 valence electrons. The van der Waals surface area contributed by atoms with Gasteiger partial charge in [0.25, 0.3) is 0 Å². The molecule has 4 rings (SSSR count). The van der Waals surface area contributed by atoms with Crippen LogP contribution < -0.4 is 9.03 Å². The molecule has 0 aliphatic carbocycles. The third kappa shape index (κ3) is 4.59. The number of sulfonamides is 2. The molecule has 1 N–H and O–H groups in total. The zero-order valence-corrected chi connectivity index (χ0v) is 19.2. The van der Waals surface area contributed by atoms with Crippen molar-refractivity contribution in [2.75, 3.05) is 42.9 Å². The Kier molecular flexibility index (Phi) is 6.41. The predicted octanol–water partition coefficient (Wildman–Crippen LogP) is 1.01. The summed E-state index contributed by atoms with van der Waals surface area (Å²) in [5.74, 6) is -0.228. The molecule has 3 heterocycles. The lowest BCUT2D eigenvalue weighted by molar-refractivity contribution is -0.116. The van der Waals surface area contributed by atoms with Gasteiger partial charge in [0.2, 0.25) is 26.0 Å². The van der Waals surface area contributed by atoms with Gasteiger partial charge in [0.1, 0.15) is 5.76 Å². The zero-order valence-electron chi connectivity index (χ0n) is 17.6. The molecule has 2 saturated heterocycles. The fourth-order valence-corrected chi connectivity index (χ4v) is 6.67. The average Bonchev–Trinajstić information content (AvgIpc) is 3.37. The maximum atomic E-state index is 13.2. The summed E-state index contributed by atoms with van der Waals surface area (Å²) in [6, 6.07) is 7.39. The summed E-state index contributed by atoms with van der Waals surface area (Å²) in [7, 11) is -7.80. The number of ether oxygens (including phenoxy) is 1. The normalized spacial score (nSPS) is 20.5. The molecule has 2 aliphatic rings. The number of anilines is 1. The van der Waals surface area contributed by atoms with E-state index in [1.165, 1.54) is 18.2 Å². The molecule has 1 amide bonds. The van der Waals surface area contributed by atoms with Crippen molar-refractivity contribution in [2.24, 2.45) is 0 Å². The van der Waals surface area contributed by atoms with Crippen molar-refractivity contribution in [2.45, 2.75) is 24.3 Å². The average molecular weight is 484 g/mol. The lowest BCUT2D eigenvalue weighted by Gasteiger charge is -2.33. The summed E-state index contributed by atoms with van der Waals surface area (Å²) in [4.78, 5) is 14.1. The summed E-state index contributed by atoms with van der Waals surface area (Å²) in [6.07, 6.45) is 1.42. The number of benzene rings is 1. The first kappa shape index (κ1) is 22.9. The van der Waals surface area contributed by atoms with Crippen LogP contribution in [0.25, 0.3) is 0 Å². The lowest BCUT2D eigenvalue weighted by Crippen LogP contribution is -2.43. The van der Waals surface area contributed by atoms with E-state index in [9.17, 15) is 21.6 Å². The Balaban J connectivity index is 1.59. The molecule has 12 heteroatoms. The second kappa shape index (κ2) is 8.94. The minimum atomic E-state index is -4.00. The number of carbonyl (C=O) groups is 1. The van der Waals surface area contributed by atoms with Crippen molar-refractivity contribution in [1.82, 2.24) is 9.62 Å². The van der Waals surface area contributed by atoms with Gasteiger partial charge in [-0.2, -0.15) is 0 Å². The molecule has 10 nitrogen and oxygen atoms in total. The fraction of sp³-hybridized carbons (Fsp3) is 0.450. The van der Waals surface area contributed by atoms with E-state index < -0.39 is 26.0 Å². The Hall–Kier alpha value is -2.25. The fourth-order valence-electron chi connectivity index (χ4n) is 3.92. The van der Waals surface area contributed by atoms with E-state index in [4.69, 9.17) is 9.15 Å². The van der Waals surface area contributed by atoms with Crippen LogP contribution in [0.4, 0.5) is 5.69 Å². The van der Waals surface area contributed by atoms with Gasteiger partial charge in [-0.05, 0) is 36.8 Å². The van der Waals surface area contributed by atoms with Crippen LogP contribution in [-0.4, -0.2) is 66.2 Å². The minimum Gasteiger partial charge on any atom is -0.468 e. The summed E-state index contributed by atoms with van der Waals surface area (Å²) < 4.78 is 65.1. The molecular formula is C20H25N3O7S2. The Labute approximate surface area is 187 Å². The van der Waals surface area contributed by atoms with Gasteiger partial charge in [-0.3, -0.25) is 9.69 Å². The summed E-state index contributed by atoms with van der Waals surface area (Å²) >= 11 is 0. The van der Waals surface area contributed by atoms with E-state index in [1.54, 1.807) is 25.3 Å². The molecule has 0 bridgehead atoms. The van der Waals surface area contributed by atoms with E-state index in [2.05, 4.69) is 9.62 Å². The lowest BCUT2D eigenvalue weighted by atomic mass is 10.2.